The molecule has 0 amide bonds. The lowest BCUT2D eigenvalue weighted by atomic mass is 9.94. The summed E-state index contributed by atoms with van der Waals surface area (Å²) < 4.78 is 42.6. The predicted molar refractivity (Wildman–Crippen MR) is 112 cm³/mol. The van der Waals surface area contributed by atoms with Gasteiger partial charge in [-0.15, -0.1) is 0 Å². The number of nitrogens with zero attached hydrogens (tertiary/aromatic N) is 3. The zero-order valence-corrected chi connectivity index (χ0v) is 16.9. The Balaban J connectivity index is 1.87. The first-order chi connectivity index (χ1) is 14.6. The molecule has 0 spiro atoms. The number of hydrogen-bond acceptors (Lipinski definition) is 4. The molecule has 1 aliphatic rings. The van der Waals surface area contributed by atoms with Crippen molar-refractivity contribution in [2.75, 3.05) is 11.4 Å². The topological polar surface area (TPSA) is 58.4 Å². The fraction of sp³-hybridized carbons (Fsp3) is 0.217. The van der Waals surface area contributed by atoms with E-state index in [1.165, 1.54) is 19.9 Å². The molecule has 0 saturated heterocycles. The molecule has 2 heterocycles. The second-order valence-corrected chi connectivity index (χ2v) is 7.86. The summed E-state index contributed by atoms with van der Waals surface area (Å²) in [6.07, 6.45) is 1.94. The smallest absolute Gasteiger partial charge is 0.386 e. The lowest BCUT2D eigenvalue weighted by Gasteiger charge is -2.33. The van der Waals surface area contributed by atoms with E-state index in [1.54, 1.807) is 53.4 Å². The molecule has 5 nitrogen and oxygen atoms in total. The number of halogens is 3. The highest BCUT2D eigenvalue weighted by Gasteiger charge is 2.40. The number of anilines is 1. The largest absolute Gasteiger partial charge is 0.431 e. The minimum Gasteiger partial charge on any atom is -0.386 e. The van der Waals surface area contributed by atoms with Crippen LogP contribution in [0, 0.1) is 0 Å². The Labute approximate surface area is 176 Å². The highest BCUT2D eigenvalue weighted by molar-refractivity contribution is 5.86. The Morgan fingerprint density at radius 1 is 1.13 bits per heavy atom. The fourth-order valence-corrected chi connectivity index (χ4v) is 3.60. The Kier molecular flexibility index (Phi) is 4.97. The van der Waals surface area contributed by atoms with Crippen LogP contribution < -0.4 is 4.90 Å². The second-order valence-electron chi connectivity index (χ2n) is 7.86. The molecule has 31 heavy (non-hydrogen) atoms. The lowest BCUT2D eigenvalue weighted by molar-refractivity contribution is -0.0934. The van der Waals surface area contributed by atoms with Gasteiger partial charge in [-0.2, -0.15) is 18.3 Å². The molecule has 1 aliphatic heterocycles. The SMILES string of the molecule is CC(C)(O)c1cc2nn(-c3ccc(C=O)cc3)cc2cc1N1CC=CC=C1C(F)(F)F. The van der Waals surface area contributed by atoms with Gasteiger partial charge in [0.15, 0.2) is 0 Å². The summed E-state index contributed by atoms with van der Waals surface area (Å²) in [7, 11) is 0. The molecule has 4 rings (SSSR count). The number of hydrogen-bond donors (Lipinski definition) is 1. The first kappa shape index (κ1) is 20.9. The summed E-state index contributed by atoms with van der Waals surface area (Å²) in [5.41, 5.74) is 0.177. The molecule has 160 valence electrons. The van der Waals surface area contributed by atoms with Crippen molar-refractivity contribution >= 4 is 22.9 Å². The Hall–Kier alpha value is -3.39. The quantitative estimate of drug-likeness (QED) is 0.603. The van der Waals surface area contributed by atoms with Gasteiger partial charge in [0.1, 0.15) is 12.0 Å². The van der Waals surface area contributed by atoms with Crippen molar-refractivity contribution in [3.63, 3.8) is 0 Å². The van der Waals surface area contributed by atoms with E-state index in [0.29, 0.717) is 27.7 Å². The lowest BCUT2D eigenvalue weighted by Crippen LogP contribution is -2.35. The summed E-state index contributed by atoms with van der Waals surface area (Å²) >= 11 is 0. The fourth-order valence-electron chi connectivity index (χ4n) is 3.60. The van der Waals surface area contributed by atoms with Crippen LogP contribution in [0.1, 0.15) is 29.8 Å². The Bertz CT molecular complexity index is 1200. The molecular formula is C23H20F3N3O2. The highest BCUT2D eigenvalue weighted by atomic mass is 19.4. The number of aromatic nitrogens is 2. The van der Waals surface area contributed by atoms with Crippen molar-refractivity contribution in [3.8, 4) is 5.69 Å². The first-order valence-corrected chi connectivity index (χ1v) is 9.61. The average Bonchev–Trinajstić information content (AvgIpc) is 3.15. The van der Waals surface area contributed by atoms with Crippen LogP contribution in [0.15, 0.2) is 66.5 Å². The summed E-state index contributed by atoms with van der Waals surface area (Å²) in [6, 6.07) is 10.0. The van der Waals surface area contributed by atoms with E-state index in [2.05, 4.69) is 5.10 Å². The molecule has 0 aliphatic carbocycles. The zero-order valence-electron chi connectivity index (χ0n) is 16.9. The number of aldehydes is 1. The standard InChI is InChI=1S/C23H20F3N3O2/c1-22(2,31)18-12-19-16(13-29(27-19)17-8-6-15(14-30)7-9-17)11-20(18)28-10-4-3-5-21(28)23(24,25)26/h3-9,11-14,31H,10H2,1-2H3. The number of aliphatic hydroxyl groups is 1. The summed E-state index contributed by atoms with van der Waals surface area (Å²) in [5.74, 6) is 0. The Morgan fingerprint density at radius 3 is 2.45 bits per heavy atom. The molecule has 8 heteroatoms. The van der Waals surface area contributed by atoms with Crippen molar-refractivity contribution in [1.29, 1.82) is 0 Å². The van der Waals surface area contributed by atoms with Gasteiger partial charge in [-0.25, -0.2) is 4.68 Å². The van der Waals surface area contributed by atoms with Crippen molar-refractivity contribution in [2.45, 2.75) is 25.6 Å². The van der Waals surface area contributed by atoms with Gasteiger partial charge >= 0.3 is 6.18 Å². The summed E-state index contributed by atoms with van der Waals surface area (Å²) in [6.45, 7) is 3.09. The zero-order chi connectivity index (χ0) is 22.4. The van der Waals surface area contributed by atoms with Crippen LogP contribution in [0.3, 0.4) is 0 Å². The third-order valence-electron chi connectivity index (χ3n) is 5.12. The van der Waals surface area contributed by atoms with Crippen LogP contribution in [0.2, 0.25) is 0 Å². The number of carbonyl (C=O) groups is 1. The van der Waals surface area contributed by atoms with E-state index >= 15 is 0 Å². The van der Waals surface area contributed by atoms with Gasteiger partial charge in [-0.1, -0.05) is 12.2 Å². The van der Waals surface area contributed by atoms with Crippen molar-refractivity contribution < 1.29 is 23.1 Å². The van der Waals surface area contributed by atoms with Crippen molar-refractivity contribution in [2.24, 2.45) is 0 Å². The highest BCUT2D eigenvalue weighted by Crippen LogP contribution is 2.40. The summed E-state index contributed by atoms with van der Waals surface area (Å²) in [5, 5.41) is 15.9. The van der Waals surface area contributed by atoms with Crippen LogP contribution >= 0.6 is 0 Å². The molecule has 0 bridgehead atoms. The summed E-state index contributed by atoms with van der Waals surface area (Å²) in [4.78, 5) is 12.0. The molecular weight excluding hydrogens is 407 g/mol. The number of fused-ring (bicyclic) bond motifs is 1. The monoisotopic (exact) mass is 427 g/mol. The molecule has 0 atom stereocenters. The molecule has 0 radical (unpaired) electrons. The number of carbonyl (C=O) groups excluding carboxylic acids is 1. The maximum atomic E-state index is 13.7. The number of allylic oxidation sites excluding steroid dienone is 3. The van der Waals surface area contributed by atoms with Crippen LogP contribution in [0.25, 0.3) is 16.6 Å². The van der Waals surface area contributed by atoms with E-state index in [1.807, 2.05) is 0 Å². The number of alkyl halides is 3. The Morgan fingerprint density at radius 2 is 1.84 bits per heavy atom. The molecule has 0 saturated carbocycles. The molecule has 0 unspecified atom stereocenters. The van der Waals surface area contributed by atoms with Crippen LogP contribution in [-0.2, 0) is 5.60 Å². The van der Waals surface area contributed by atoms with Gasteiger partial charge in [0.25, 0.3) is 0 Å². The number of rotatable bonds is 4. The van der Waals surface area contributed by atoms with Gasteiger partial charge < -0.3 is 10.0 Å². The molecule has 3 aromatic rings. The van der Waals surface area contributed by atoms with Crippen LogP contribution in [0.5, 0.6) is 0 Å². The predicted octanol–water partition coefficient (Wildman–Crippen LogP) is 4.89. The normalized spacial score (nSPS) is 14.8. The maximum absolute atomic E-state index is 13.7. The van der Waals surface area contributed by atoms with E-state index in [9.17, 15) is 23.1 Å². The van der Waals surface area contributed by atoms with Gasteiger partial charge in [0, 0.05) is 34.9 Å². The van der Waals surface area contributed by atoms with E-state index in [4.69, 9.17) is 0 Å². The van der Waals surface area contributed by atoms with E-state index < -0.39 is 17.5 Å². The molecule has 0 fully saturated rings. The third-order valence-corrected chi connectivity index (χ3v) is 5.12. The van der Waals surface area contributed by atoms with Gasteiger partial charge in [0.2, 0.25) is 0 Å². The van der Waals surface area contributed by atoms with Crippen LogP contribution in [0.4, 0.5) is 18.9 Å². The van der Waals surface area contributed by atoms with Crippen molar-refractivity contribution in [1.82, 2.24) is 9.78 Å². The van der Waals surface area contributed by atoms with Gasteiger partial charge in [-0.05, 0) is 56.3 Å². The molecule has 1 aromatic heterocycles. The molecule has 2 aromatic carbocycles. The minimum absolute atomic E-state index is 0.0290. The second kappa shape index (κ2) is 7.39. The van der Waals surface area contributed by atoms with Crippen LogP contribution in [-0.4, -0.2) is 33.9 Å². The van der Waals surface area contributed by atoms with E-state index in [-0.39, 0.29) is 12.2 Å². The van der Waals surface area contributed by atoms with Crippen molar-refractivity contribution in [3.05, 3.63) is 77.6 Å². The minimum atomic E-state index is -4.54. The number of benzene rings is 2. The third kappa shape index (κ3) is 3.98. The van der Waals surface area contributed by atoms with E-state index in [0.717, 1.165) is 17.3 Å². The molecule has 1 N–H and O–H groups in total. The maximum Gasteiger partial charge on any atom is 0.431 e. The van der Waals surface area contributed by atoms with Gasteiger partial charge in [0.05, 0.1) is 16.8 Å². The average molecular weight is 427 g/mol. The van der Waals surface area contributed by atoms with Gasteiger partial charge in [-0.3, -0.25) is 4.79 Å². The first-order valence-electron chi connectivity index (χ1n) is 9.61.